The lowest BCUT2D eigenvalue weighted by Crippen LogP contribution is -2.62. The number of nitrogens with one attached hydrogen (secondary N) is 1. The second kappa shape index (κ2) is 8.09. The van der Waals surface area contributed by atoms with Crippen molar-refractivity contribution in [3.05, 3.63) is 18.0 Å². The Kier molecular flexibility index (Phi) is 5.65. The van der Waals surface area contributed by atoms with Crippen molar-refractivity contribution >= 4 is 11.9 Å². The van der Waals surface area contributed by atoms with E-state index in [0.717, 1.165) is 12.4 Å². The highest BCUT2D eigenvalue weighted by atomic mass is 19.4. The molecule has 3 aliphatic rings. The SMILES string of the molecule is CC(C1CCN(C(=O)N2CCC3OCC(=O)NC3C2)CC1)n1cc(C(F)(F)F)cn1. The molecule has 0 bridgehead atoms. The van der Waals surface area contributed by atoms with Crippen LogP contribution in [0.1, 0.15) is 37.8 Å². The van der Waals surface area contributed by atoms with E-state index in [1.54, 1.807) is 9.80 Å². The Morgan fingerprint density at radius 1 is 1.23 bits per heavy atom. The number of ether oxygens (including phenoxy) is 1. The number of rotatable bonds is 2. The minimum absolute atomic E-state index is 0.0472. The molecule has 0 aliphatic carbocycles. The molecule has 4 heterocycles. The predicted molar refractivity (Wildman–Crippen MR) is 99.5 cm³/mol. The van der Waals surface area contributed by atoms with Crippen LogP contribution in [0, 0.1) is 5.92 Å². The van der Waals surface area contributed by atoms with E-state index in [9.17, 15) is 22.8 Å². The smallest absolute Gasteiger partial charge is 0.366 e. The Morgan fingerprint density at radius 3 is 2.60 bits per heavy atom. The van der Waals surface area contributed by atoms with E-state index in [-0.39, 0.29) is 42.7 Å². The average molecular weight is 429 g/mol. The lowest BCUT2D eigenvalue weighted by Gasteiger charge is -2.43. The molecule has 3 unspecified atom stereocenters. The van der Waals surface area contributed by atoms with Gasteiger partial charge in [-0.3, -0.25) is 9.48 Å². The highest BCUT2D eigenvalue weighted by Gasteiger charge is 2.38. The molecule has 11 heteroatoms. The molecular formula is C19H26F3N5O3. The summed E-state index contributed by atoms with van der Waals surface area (Å²) in [6, 6.07) is -0.411. The summed E-state index contributed by atoms with van der Waals surface area (Å²) in [5.74, 6) is -0.0144. The second-order valence-electron chi connectivity index (χ2n) is 8.31. The Labute approximate surface area is 172 Å². The third kappa shape index (κ3) is 4.26. The van der Waals surface area contributed by atoms with Crippen LogP contribution in [0.4, 0.5) is 18.0 Å². The number of hydrogen-bond donors (Lipinski definition) is 1. The summed E-state index contributed by atoms with van der Waals surface area (Å²) in [5, 5.41) is 6.78. The van der Waals surface area contributed by atoms with Gasteiger partial charge < -0.3 is 19.9 Å². The first-order valence-electron chi connectivity index (χ1n) is 10.3. The van der Waals surface area contributed by atoms with Crippen molar-refractivity contribution in [3.63, 3.8) is 0 Å². The molecule has 1 aromatic rings. The van der Waals surface area contributed by atoms with Gasteiger partial charge in [0.05, 0.1) is 29.9 Å². The van der Waals surface area contributed by atoms with Gasteiger partial charge in [0.1, 0.15) is 6.61 Å². The number of hydrogen-bond acceptors (Lipinski definition) is 4. The quantitative estimate of drug-likeness (QED) is 0.779. The minimum Gasteiger partial charge on any atom is -0.366 e. The molecule has 3 aliphatic heterocycles. The van der Waals surface area contributed by atoms with Crippen LogP contribution < -0.4 is 5.32 Å². The maximum atomic E-state index is 12.9. The van der Waals surface area contributed by atoms with E-state index in [0.29, 0.717) is 45.4 Å². The van der Waals surface area contributed by atoms with Crippen molar-refractivity contribution in [2.45, 2.75) is 50.6 Å². The molecule has 1 aromatic heterocycles. The van der Waals surface area contributed by atoms with Crippen LogP contribution in [-0.4, -0.2) is 76.5 Å². The maximum absolute atomic E-state index is 12.9. The molecule has 3 saturated heterocycles. The standard InChI is InChI=1S/C19H26F3N5O3/c1-12(27-9-14(8-23-27)19(20,21)22)13-2-5-25(6-3-13)18(29)26-7-4-16-15(10-26)24-17(28)11-30-16/h8-9,12-13,15-16H,2-7,10-11H2,1H3,(H,24,28). The Balaban J connectivity index is 1.30. The number of carbonyl (C=O) groups excluding carboxylic acids is 2. The van der Waals surface area contributed by atoms with Crippen LogP contribution in [0.25, 0.3) is 0 Å². The summed E-state index contributed by atoms with van der Waals surface area (Å²) in [6.45, 7) is 4.05. The van der Waals surface area contributed by atoms with Crippen molar-refractivity contribution in [2.75, 3.05) is 32.8 Å². The number of urea groups is 1. The van der Waals surface area contributed by atoms with Crippen LogP contribution in [-0.2, 0) is 15.7 Å². The highest BCUT2D eigenvalue weighted by molar-refractivity contribution is 5.79. The van der Waals surface area contributed by atoms with Gasteiger partial charge in [-0.2, -0.15) is 18.3 Å². The number of aromatic nitrogens is 2. The fraction of sp³-hybridized carbons (Fsp3) is 0.737. The number of nitrogens with zero attached hydrogens (tertiary/aromatic N) is 4. The number of fused-ring (bicyclic) bond motifs is 1. The summed E-state index contributed by atoms with van der Waals surface area (Å²) < 4.78 is 45.4. The number of piperidine rings is 2. The fourth-order valence-electron chi connectivity index (χ4n) is 4.57. The van der Waals surface area contributed by atoms with Gasteiger partial charge in [0, 0.05) is 32.4 Å². The van der Waals surface area contributed by atoms with Crippen molar-refractivity contribution in [2.24, 2.45) is 5.92 Å². The van der Waals surface area contributed by atoms with Crippen molar-refractivity contribution in [1.29, 1.82) is 0 Å². The molecule has 4 rings (SSSR count). The summed E-state index contributed by atoms with van der Waals surface area (Å²) in [6.07, 6.45) is -0.454. The van der Waals surface area contributed by atoms with E-state index in [4.69, 9.17) is 4.74 Å². The van der Waals surface area contributed by atoms with E-state index < -0.39 is 11.7 Å². The van der Waals surface area contributed by atoms with Gasteiger partial charge >= 0.3 is 12.2 Å². The van der Waals surface area contributed by atoms with Crippen molar-refractivity contribution in [3.8, 4) is 0 Å². The van der Waals surface area contributed by atoms with Crippen LogP contribution in [0.2, 0.25) is 0 Å². The zero-order valence-corrected chi connectivity index (χ0v) is 16.8. The number of alkyl halides is 3. The van der Waals surface area contributed by atoms with Gasteiger partial charge in [-0.05, 0) is 32.1 Å². The molecule has 0 aromatic carbocycles. The predicted octanol–water partition coefficient (Wildman–Crippen LogP) is 1.88. The zero-order valence-electron chi connectivity index (χ0n) is 16.8. The number of morpholine rings is 1. The number of carbonyl (C=O) groups is 2. The molecule has 0 radical (unpaired) electrons. The largest absolute Gasteiger partial charge is 0.419 e. The van der Waals surface area contributed by atoms with Gasteiger partial charge in [0.2, 0.25) is 5.91 Å². The third-order valence-corrected chi connectivity index (χ3v) is 6.43. The Morgan fingerprint density at radius 2 is 1.93 bits per heavy atom. The molecule has 3 fully saturated rings. The van der Waals surface area contributed by atoms with E-state index in [2.05, 4.69) is 10.4 Å². The van der Waals surface area contributed by atoms with Gasteiger partial charge in [-0.25, -0.2) is 4.79 Å². The third-order valence-electron chi connectivity index (χ3n) is 6.43. The van der Waals surface area contributed by atoms with Crippen LogP contribution in [0.5, 0.6) is 0 Å². The van der Waals surface area contributed by atoms with Crippen molar-refractivity contribution in [1.82, 2.24) is 24.9 Å². The Hall–Kier alpha value is -2.30. The monoisotopic (exact) mass is 429 g/mol. The fourth-order valence-corrected chi connectivity index (χ4v) is 4.57. The maximum Gasteiger partial charge on any atom is 0.419 e. The molecule has 3 atom stereocenters. The highest BCUT2D eigenvalue weighted by Crippen LogP contribution is 2.32. The van der Waals surface area contributed by atoms with Crippen LogP contribution in [0.15, 0.2) is 12.4 Å². The lowest BCUT2D eigenvalue weighted by molar-refractivity contribution is -0.140. The molecule has 0 saturated carbocycles. The number of amides is 3. The molecule has 3 amide bonds. The van der Waals surface area contributed by atoms with E-state index in [1.165, 1.54) is 4.68 Å². The summed E-state index contributed by atoms with van der Waals surface area (Å²) in [4.78, 5) is 28.0. The summed E-state index contributed by atoms with van der Waals surface area (Å²) in [5.41, 5.74) is -0.746. The molecule has 166 valence electrons. The molecule has 8 nitrogen and oxygen atoms in total. The number of halogens is 3. The number of likely N-dealkylation sites (tertiary alicyclic amines) is 2. The first-order chi connectivity index (χ1) is 14.2. The summed E-state index contributed by atoms with van der Waals surface area (Å²) in [7, 11) is 0. The van der Waals surface area contributed by atoms with E-state index >= 15 is 0 Å². The van der Waals surface area contributed by atoms with Gasteiger partial charge in [-0.15, -0.1) is 0 Å². The Bertz CT molecular complexity index is 791. The van der Waals surface area contributed by atoms with Crippen LogP contribution >= 0.6 is 0 Å². The average Bonchev–Trinajstić information content (AvgIpc) is 3.23. The van der Waals surface area contributed by atoms with Gasteiger partial charge in [0.15, 0.2) is 0 Å². The first kappa shape index (κ1) is 21.0. The molecule has 1 N–H and O–H groups in total. The lowest BCUT2D eigenvalue weighted by atomic mass is 9.90. The van der Waals surface area contributed by atoms with Crippen LogP contribution in [0.3, 0.4) is 0 Å². The van der Waals surface area contributed by atoms with Gasteiger partial charge in [0.25, 0.3) is 0 Å². The molecular weight excluding hydrogens is 403 g/mol. The molecule has 30 heavy (non-hydrogen) atoms. The zero-order chi connectivity index (χ0) is 21.5. The topological polar surface area (TPSA) is 79.7 Å². The molecule has 0 spiro atoms. The summed E-state index contributed by atoms with van der Waals surface area (Å²) >= 11 is 0. The second-order valence-corrected chi connectivity index (χ2v) is 8.31. The minimum atomic E-state index is -4.40. The first-order valence-corrected chi connectivity index (χ1v) is 10.3. The van der Waals surface area contributed by atoms with Crippen molar-refractivity contribution < 1.29 is 27.5 Å². The van der Waals surface area contributed by atoms with Gasteiger partial charge in [-0.1, -0.05) is 0 Å². The van der Waals surface area contributed by atoms with E-state index in [1.807, 2.05) is 6.92 Å². The normalized spacial score (nSPS) is 26.9.